The number of carboxylic acid groups (broad SMARTS) is 1. The highest BCUT2D eigenvalue weighted by Crippen LogP contribution is 2.16. The molecule has 4 heteroatoms. The summed E-state index contributed by atoms with van der Waals surface area (Å²) in [5.74, 6) is -0.549. The van der Waals surface area contributed by atoms with Crippen molar-refractivity contribution < 1.29 is 14.6 Å². The second-order valence-corrected chi connectivity index (χ2v) is 4.32. The Morgan fingerprint density at radius 1 is 1.14 bits per heavy atom. The third-order valence-corrected chi connectivity index (χ3v) is 2.79. The number of hydrogen-bond donors (Lipinski definition) is 1. The van der Waals surface area contributed by atoms with E-state index in [1.54, 1.807) is 30.3 Å². The molecule has 0 radical (unpaired) electrons. The van der Waals surface area contributed by atoms with Gasteiger partial charge in [0.15, 0.2) is 0 Å². The summed E-state index contributed by atoms with van der Waals surface area (Å²) in [6, 6.07) is 18.3. The summed E-state index contributed by atoms with van der Waals surface area (Å²) < 4.78 is 5.62. The van der Waals surface area contributed by atoms with Gasteiger partial charge in [0.1, 0.15) is 24.0 Å². The average molecular weight is 279 g/mol. The van der Waals surface area contributed by atoms with Crippen LogP contribution in [0.3, 0.4) is 0 Å². The number of hydrogen-bond acceptors (Lipinski definition) is 3. The second kappa shape index (κ2) is 6.92. The first kappa shape index (κ1) is 14.4. The highest BCUT2D eigenvalue weighted by molar-refractivity contribution is 5.96. The van der Waals surface area contributed by atoms with Gasteiger partial charge < -0.3 is 9.84 Å². The fourth-order valence-electron chi connectivity index (χ4n) is 1.71. The van der Waals surface area contributed by atoms with Crippen molar-refractivity contribution in [2.75, 3.05) is 0 Å². The summed E-state index contributed by atoms with van der Waals surface area (Å²) in [6.45, 7) is 0.467. The van der Waals surface area contributed by atoms with E-state index < -0.39 is 5.97 Å². The van der Waals surface area contributed by atoms with Crippen molar-refractivity contribution in [3.05, 3.63) is 71.3 Å². The van der Waals surface area contributed by atoms with E-state index in [9.17, 15) is 4.79 Å². The summed E-state index contributed by atoms with van der Waals surface area (Å²) in [5, 5.41) is 17.5. The molecular formula is C17H13NO3. The standard InChI is InChI=1S/C17H13NO3/c18-11-15(17(19)20)10-13-6-8-16(9-7-13)21-12-14-4-2-1-3-5-14/h1-10H,12H2,(H,19,20)/b15-10-. The topological polar surface area (TPSA) is 70.3 Å². The van der Waals surface area contributed by atoms with Crippen LogP contribution in [0.1, 0.15) is 11.1 Å². The Balaban J connectivity index is 2.03. The second-order valence-electron chi connectivity index (χ2n) is 4.32. The van der Waals surface area contributed by atoms with Crippen molar-refractivity contribution in [3.8, 4) is 11.8 Å². The van der Waals surface area contributed by atoms with Gasteiger partial charge in [-0.1, -0.05) is 42.5 Å². The minimum Gasteiger partial charge on any atom is -0.489 e. The van der Waals surface area contributed by atoms with E-state index in [0.717, 1.165) is 5.56 Å². The van der Waals surface area contributed by atoms with E-state index in [4.69, 9.17) is 15.1 Å². The molecule has 0 aliphatic rings. The molecule has 104 valence electrons. The van der Waals surface area contributed by atoms with Crippen molar-refractivity contribution in [1.29, 1.82) is 5.26 Å². The Morgan fingerprint density at radius 2 is 1.81 bits per heavy atom. The van der Waals surface area contributed by atoms with E-state index in [0.29, 0.717) is 17.9 Å². The third-order valence-electron chi connectivity index (χ3n) is 2.79. The van der Waals surface area contributed by atoms with E-state index in [-0.39, 0.29) is 5.57 Å². The van der Waals surface area contributed by atoms with Gasteiger partial charge >= 0.3 is 5.97 Å². The molecule has 0 aromatic heterocycles. The zero-order valence-corrected chi connectivity index (χ0v) is 11.2. The molecule has 0 amide bonds. The summed E-state index contributed by atoms with van der Waals surface area (Å²) in [6.07, 6.45) is 1.32. The predicted octanol–water partition coefficient (Wildman–Crippen LogP) is 3.26. The summed E-state index contributed by atoms with van der Waals surface area (Å²) in [4.78, 5) is 10.7. The first-order valence-electron chi connectivity index (χ1n) is 6.31. The Hall–Kier alpha value is -3.06. The van der Waals surface area contributed by atoms with Crippen molar-refractivity contribution in [1.82, 2.24) is 0 Å². The van der Waals surface area contributed by atoms with Crippen molar-refractivity contribution in [3.63, 3.8) is 0 Å². The molecule has 0 aliphatic carbocycles. The number of benzene rings is 2. The lowest BCUT2D eigenvalue weighted by Crippen LogP contribution is -1.97. The van der Waals surface area contributed by atoms with Gasteiger partial charge in [0.05, 0.1) is 0 Å². The van der Waals surface area contributed by atoms with Gasteiger partial charge in [0.25, 0.3) is 0 Å². The number of nitriles is 1. The molecule has 0 fully saturated rings. The fourth-order valence-corrected chi connectivity index (χ4v) is 1.71. The molecule has 1 N–H and O–H groups in total. The van der Waals surface area contributed by atoms with Crippen LogP contribution in [0.15, 0.2) is 60.2 Å². The van der Waals surface area contributed by atoms with Crippen LogP contribution in [-0.4, -0.2) is 11.1 Å². The van der Waals surface area contributed by atoms with E-state index >= 15 is 0 Å². The number of carboxylic acids is 1. The van der Waals surface area contributed by atoms with Crippen LogP contribution < -0.4 is 4.74 Å². The number of nitrogens with zero attached hydrogens (tertiary/aromatic N) is 1. The van der Waals surface area contributed by atoms with Gasteiger partial charge in [0.2, 0.25) is 0 Å². The predicted molar refractivity (Wildman–Crippen MR) is 78.4 cm³/mol. The Morgan fingerprint density at radius 3 is 2.38 bits per heavy atom. The normalized spacial score (nSPS) is 10.7. The average Bonchev–Trinajstić information content (AvgIpc) is 2.52. The van der Waals surface area contributed by atoms with Crippen LogP contribution in [0, 0.1) is 11.3 Å². The van der Waals surface area contributed by atoms with E-state index in [2.05, 4.69) is 0 Å². The quantitative estimate of drug-likeness (QED) is 0.673. The molecule has 0 saturated heterocycles. The molecule has 21 heavy (non-hydrogen) atoms. The van der Waals surface area contributed by atoms with E-state index in [1.165, 1.54) is 6.08 Å². The van der Waals surface area contributed by atoms with Gasteiger partial charge in [-0.05, 0) is 29.3 Å². The smallest absolute Gasteiger partial charge is 0.346 e. The van der Waals surface area contributed by atoms with Crippen LogP contribution in [0.25, 0.3) is 6.08 Å². The molecule has 0 bridgehead atoms. The fraction of sp³-hybridized carbons (Fsp3) is 0.0588. The molecule has 2 aromatic carbocycles. The summed E-state index contributed by atoms with van der Waals surface area (Å²) in [5.41, 5.74) is 1.41. The molecule has 0 spiro atoms. The Bertz CT molecular complexity index is 682. The minimum absolute atomic E-state index is 0.298. The number of rotatable bonds is 5. The molecule has 0 unspecified atom stereocenters. The highest BCUT2D eigenvalue weighted by Gasteiger charge is 2.05. The first-order valence-corrected chi connectivity index (χ1v) is 6.31. The van der Waals surface area contributed by atoms with Crippen LogP contribution >= 0.6 is 0 Å². The molecule has 0 saturated carbocycles. The van der Waals surface area contributed by atoms with Gasteiger partial charge in [-0.25, -0.2) is 4.79 Å². The number of ether oxygens (including phenoxy) is 1. The number of aliphatic carboxylic acids is 1. The monoisotopic (exact) mass is 279 g/mol. The maximum absolute atomic E-state index is 10.7. The van der Waals surface area contributed by atoms with E-state index in [1.807, 2.05) is 30.3 Å². The molecule has 0 atom stereocenters. The highest BCUT2D eigenvalue weighted by atomic mass is 16.5. The van der Waals surface area contributed by atoms with Crippen LogP contribution in [0.4, 0.5) is 0 Å². The molecule has 2 aromatic rings. The number of carbonyl (C=O) groups is 1. The minimum atomic E-state index is -1.23. The largest absolute Gasteiger partial charge is 0.489 e. The van der Waals surface area contributed by atoms with Crippen LogP contribution in [-0.2, 0) is 11.4 Å². The third kappa shape index (κ3) is 4.22. The van der Waals surface area contributed by atoms with Crippen molar-refractivity contribution in [2.45, 2.75) is 6.61 Å². The zero-order chi connectivity index (χ0) is 15.1. The van der Waals surface area contributed by atoms with Crippen molar-refractivity contribution in [2.24, 2.45) is 0 Å². The summed E-state index contributed by atoms with van der Waals surface area (Å²) in [7, 11) is 0. The molecule has 4 nitrogen and oxygen atoms in total. The van der Waals surface area contributed by atoms with Gasteiger partial charge in [0, 0.05) is 0 Å². The summed E-state index contributed by atoms with van der Waals surface area (Å²) >= 11 is 0. The lowest BCUT2D eigenvalue weighted by atomic mass is 10.1. The SMILES string of the molecule is N#C/C(=C/c1ccc(OCc2ccccc2)cc1)C(=O)O. The molecule has 0 heterocycles. The Labute approximate surface area is 122 Å². The van der Waals surface area contributed by atoms with Gasteiger partial charge in [-0.15, -0.1) is 0 Å². The first-order chi connectivity index (χ1) is 10.2. The van der Waals surface area contributed by atoms with Crippen LogP contribution in [0.5, 0.6) is 5.75 Å². The van der Waals surface area contributed by atoms with Gasteiger partial charge in [-0.3, -0.25) is 0 Å². The maximum atomic E-state index is 10.7. The van der Waals surface area contributed by atoms with Crippen LogP contribution in [0.2, 0.25) is 0 Å². The van der Waals surface area contributed by atoms with Crippen molar-refractivity contribution >= 4 is 12.0 Å². The lowest BCUT2D eigenvalue weighted by molar-refractivity contribution is -0.132. The molecular weight excluding hydrogens is 266 g/mol. The van der Waals surface area contributed by atoms with Gasteiger partial charge in [-0.2, -0.15) is 5.26 Å². The molecule has 2 rings (SSSR count). The molecule has 0 aliphatic heterocycles. The zero-order valence-electron chi connectivity index (χ0n) is 11.2. The Kier molecular flexibility index (Phi) is 4.73. The maximum Gasteiger partial charge on any atom is 0.346 e. The lowest BCUT2D eigenvalue weighted by Gasteiger charge is -2.06.